The molecule has 0 saturated heterocycles. The van der Waals surface area contributed by atoms with E-state index in [1.54, 1.807) is 0 Å². The zero-order valence-electron chi connectivity index (χ0n) is 8.63. The first kappa shape index (κ1) is 10.2. The Kier molecular flexibility index (Phi) is 2.66. The van der Waals surface area contributed by atoms with E-state index >= 15 is 0 Å². The Morgan fingerprint density at radius 3 is 2.64 bits per heavy atom. The first-order chi connectivity index (χ1) is 6.65. The lowest BCUT2D eigenvalue weighted by Gasteiger charge is -2.09. The molecule has 3 nitrogen and oxygen atoms in total. The van der Waals surface area contributed by atoms with Gasteiger partial charge in [-0.3, -0.25) is 4.68 Å². The Labute approximate surface area is 92.8 Å². The Bertz CT molecular complexity index is 339. The number of nitrogens with two attached hydrogens (primary N) is 1. The van der Waals surface area contributed by atoms with Crippen molar-refractivity contribution in [2.45, 2.75) is 45.2 Å². The van der Waals surface area contributed by atoms with E-state index in [1.165, 1.54) is 18.5 Å². The molecular formula is C10H16BrN3. The van der Waals surface area contributed by atoms with Crippen LogP contribution in [0.1, 0.15) is 50.0 Å². The molecule has 1 fully saturated rings. The average Bonchev–Trinajstić information content (AvgIpc) is 2.90. The van der Waals surface area contributed by atoms with E-state index < -0.39 is 0 Å². The molecule has 2 rings (SSSR count). The summed E-state index contributed by atoms with van der Waals surface area (Å²) in [4.78, 5) is 0. The van der Waals surface area contributed by atoms with E-state index in [2.05, 4.69) is 39.6 Å². The maximum atomic E-state index is 5.65. The largest absolute Gasteiger partial charge is 0.325 e. The lowest BCUT2D eigenvalue weighted by Crippen LogP contribution is -2.04. The molecule has 78 valence electrons. The fourth-order valence-electron chi connectivity index (χ4n) is 1.72. The molecule has 0 atom stereocenters. The van der Waals surface area contributed by atoms with Gasteiger partial charge in [-0.15, -0.1) is 0 Å². The van der Waals surface area contributed by atoms with Crippen LogP contribution in [0.5, 0.6) is 0 Å². The van der Waals surface area contributed by atoms with E-state index in [-0.39, 0.29) is 0 Å². The average molecular weight is 258 g/mol. The summed E-state index contributed by atoms with van der Waals surface area (Å²) < 4.78 is 3.28. The molecule has 4 heteroatoms. The van der Waals surface area contributed by atoms with Crippen molar-refractivity contribution in [1.29, 1.82) is 0 Å². The smallest absolute Gasteiger partial charge is 0.0905 e. The van der Waals surface area contributed by atoms with Crippen molar-refractivity contribution in [3.05, 3.63) is 15.9 Å². The van der Waals surface area contributed by atoms with E-state index in [4.69, 9.17) is 5.73 Å². The summed E-state index contributed by atoms with van der Waals surface area (Å²) in [5.41, 5.74) is 7.93. The molecule has 0 radical (unpaired) electrons. The van der Waals surface area contributed by atoms with Crippen LogP contribution >= 0.6 is 15.9 Å². The molecule has 1 aliphatic carbocycles. The monoisotopic (exact) mass is 257 g/mol. The second kappa shape index (κ2) is 3.66. The Hall–Kier alpha value is -0.350. The lowest BCUT2D eigenvalue weighted by atomic mass is 10.1. The van der Waals surface area contributed by atoms with Gasteiger partial charge < -0.3 is 5.73 Å². The van der Waals surface area contributed by atoms with E-state index in [0.717, 1.165) is 10.2 Å². The van der Waals surface area contributed by atoms with Crippen LogP contribution in [0.15, 0.2) is 4.47 Å². The SMILES string of the molecule is CC(C)c1c(Br)c(CN)nn1C1CC1. The Morgan fingerprint density at radius 2 is 2.21 bits per heavy atom. The second-order valence-electron chi connectivity index (χ2n) is 4.18. The van der Waals surface area contributed by atoms with Gasteiger partial charge >= 0.3 is 0 Å². The molecule has 1 aromatic heterocycles. The van der Waals surface area contributed by atoms with Crippen molar-refractivity contribution < 1.29 is 0 Å². The highest BCUT2D eigenvalue weighted by molar-refractivity contribution is 9.10. The molecule has 1 saturated carbocycles. The number of hydrogen-bond donors (Lipinski definition) is 1. The zero-order valence-corrected chi connectivity index (χ0v) is 10.2. The van der Waals surface area contributed by atoms with Gasteiger partial charge in [-0.25, -0.2) is 0 Å². The number of hydrogen-bond acceptors (Lipinski definition) is 2. The van der Waals surface area contributed by atoms with Crippen LogP contribution in [0.3, 0.4) is 0 Å². The topological polar surface area (TPSA) is 43.8 Å². The molecule has 2 N–H and O–H groups in total. The molecule has 0 spiro atoms. The normalized spacial score (nSPS) is 16.6. The number of halogens is 1. The van der Waals surface area contributed by atoms with Crippen molar-refractivity contribution in [1.82, 2.24) is 9.78 Å². The van der Waals surface area contributed by atoms with Crippen LogP contribution < -0.4 is 5.73 Å². The second-order valence-corrected chi connectivity index (χ2v) is 4.97. The van der Waals surface area contributed by atoms with Crippen LogP contribution in [0.25, 0.3) is 0 Å². The minimum atomic E-state index is 0.498. The third-order valence-electron chi connectivity index (χ3n) is 2.59. The molecule has 1 aromatic rings. The van der Waals surface area contributed by atoms with Crippen LogP contribution in [0.2, 0.25) is 0 Å². The van der Waals surface area contributed by atoms with Gasteiger partial charge in [0.2, 0.25) is 0 Å². The minimum absolute atomic E-state index is 0.498. The van der Waals surface area contributed by atoms with E-state index in [0.29, 0.717) is 18.5 Å². The van der Waals surface area contributed by atoms with Crippen molar-refractivity contribution in [2.75, 3.05) is 0 Å². The van der Waals surface area contributed by atoms with Gasteiger partial charge in [0.25, 0.3) is 0 Å². The summed E-state index contributed by atoms with van der Waals surface area (Å²) in [5.74, 6) is 0.498. The van der Waals surface area contributed by atoms with Crippen molar-refractivity contribution in [3.8, 4) is 0 Å². The predicted molar refractivity (Wildman–Crippen MR) is 60.2 cm³/mol. The number of nitrogens with zero attached hydrogens (tertiary/aromatic N) is 2. The first-order valence-corrected chi connectivity index (χ1v) is 5.91. The van der Waals surface area contributed by atoms with Gasteiger partial charge in [0.05, 0.1) is 21.9 Å². The van der Waals surface area contributed by atoms with Crippen molar-refractivity contribution in [3.63, 3.8) is 0 Å². The van der Waals surface area contributed by atoms with Gasteiger partial charge in [0.1, 0.15) is 0 Å². The Morgan fingerprint density at radius 1 is 1.57 bits per heavy atom. The van der Waals surface area contributed by atoms with Gasteiger partial charge in [-0.1, -0.05) is 13.8 Å². The summed E-state index contributed by atoms with van der Waals surface area (Å²) in [7, 11) is 0. The quantitative estimate of drug-likeness (QED) is 0.905. The highest BCUT2D eigenvalue weighted by Gasteiger charge is 2.29. The highest BCUT2D eigenvalue weighted by atomic mass is 79.9. The minimum Gasteiger partial charge on any atom is -0.325 e. The summed E-state index contributed by atoms with van der Waals surface area (Å²) >= 11 is 3.60. The van der Waals surface area contributed by atoms with E-state index in [1.807, 2.05) is 0 Å². The number of aromatic nitrogens is 2. The molecule has 0 aliphatic heterocycles. The predicted octanol–water partition coefficient (Wildman–Crippen LogP) is 2.56. The molecule has 1 aliphatic rings. The van der Waals surface area contributed by atoms with Crippen molar-refractivity contribution >= 4 is 15.9 Å². The van der Waals surface area contributed by atoms with Gasteiger partial charge in [0, 0.05) is 6.54 Å². The summed E-state index contributed by atoms with van der Waals surface area (Å²) in [6.45, 7) is 4.90. The molecule has 0 amide bonds. The molecule has 14 heavy (non-hydrogen) atoms. The Balaban J connectivity index is 2.46. The third-order valence-corrected chi connectivity index (χ3v) is 3.45. The molecule has 0 bridgehead atoms. The highest BCUT2D eigenvalue weighted by Crippen LogP contribution is 2.40. The third kappa shape index (κ3) is 1.61. The zero-order chi connectivity index (χ0) is 10.3. The van der Waals surface area contributed by atoms with Gasteiger partial charge in [0.15, 0.2) is 0 Å². The van der Waals surface area contributed by atoms with Crippen LogP contribution in [0.4, 0.5) is 0 Å². The molecular weight excluding hydrogens is 242 g/mol. The van der Waals surface area contributed by atoms with Crippen LogP contribution in [-0.4, -0.2) is 9.78 Å². The fraction of sp³-hybridized carbons (Fsp3) is 0.700. The van der Waals surface area contributed by atoms with E-state index in [9.17, 15) is 0 Å². The molecule has 0 aromatic carbocycles. The maximum absolute atomic E-state index is 5.65. The van der Waals surface area contributed by atoms with Crippen LogP contribution in [-0.2, 0) is 6.54 Å². The fourth-order valence-corrected chi connectivity index (χ4v) is 2.60. The maximum Gasteiger partial charge on any atom is 0.0905 e. The lowest BCUT2D eigenvalue weighted by molar-refractivity contribution is 0.577. The van der Waals surface area contributed by atoms with Gasteiger partial charge in [-0.2, -0.15) is 5.10 Å². The summed E-state index contributed by atoms with van der Waals surface area (Å²) in [6, 6.07) is 0.629. The van der Waals surface area contributed by atoms with Crippen molar-refractivity contribution in [2.24, 2.45) is 5.73 Å². The summed E-state index contributed by atoms with van der Waals surface area (Å²) in [6.07, 6.45) is 2.52. The molecule has 1 heterocycles. The standard InChI is InChI=1S/C10H16BrN3/c1-6(2)10-9(11)8(5-12)13-14(10)7-3-4-7/h6-7H,3-5,12H2,1-2H3. The van der Waals surface area contributed by atoms with Crippen LogP contribution in [0, 0.1) is 0 Å². The van der Waals surface area contributed by atoms with Gasteiger partial charge in [-0.05, 0) is 34.7 Å². The number of rotatable bonds is 3. The first-order valence-electron chi connectivity index (χ1n) is 5.12. The summed E-state index contributed by atoms with van der Waals surface area (Å²) in [5, 5.41) is 4.56. The molecule has 0 unspecified atom stereocenters.